The number of carbonyl (C=O) groups is 1. The molecule has 3 aliphatic rings. The first-order valence-corrected chi connectivity index (χ1v) is 13.9. The average Bonchev–Trinajstić information content (AvgIpc) is 3.42. The maximum atomic E-state index is 13.2. The quantitative estimate of drug-likeness (QED) is 0.364. The van der Waals surface area contributed by atoms with Gasteiger partial charge < -0.3 is 4.90 Å². The second-order valence-electron chi connectivity index (χ2n) is 10.3. The molecule has 0 radical (unpaired) electrons. The number of hydrogen-bond acceptors (Lipinski definition) is 6. The van der Waals surface area contributed by atoms with Gasteiger partial charge >= 0.3 is 0 Å². The minimum absolute atomic E-state index is 0. The smallest absolute Gasteiger partial charge is 0.188 e. The van der Waals surface area contributed by atoms with Gasteiger partial charge in [0.05, 0.1) is 10.7 Å². The second kappa shape index (κ2) is 10.9. The van der Waals surface area contributed by atoms with E-state index in [9.17, 15) is 4.79 Å². The number of nitrogens with zero attached hydrogens (tertiary/aromatic N) is 4. The SMILES string of the molecule is Cl.O=C(CCc1ccccc1)[C@H]1CCCN1c1nc2ncc(CN3CCCCC3)c(C3CC3)c2s1. The minimum Gasteiger partial charge on any atom is -0.338 e. The molecule has 2 aromatic heterocycles. The van der Waals surface area contributed by atoms with Crippen molar-refractivity contribution in [3.05, 3.63) is 53.2 Å². The molecule has 1 aliphatic carbocycles. The monoisotopic (exact) mass is 510 g/mol. The predicted octanol–water partition coefficient (Wildman–Crippen LogP) is 6.15. The lowest BCUT2D eigenvalue weighted by Crippen LogP contribution is -2.36. The molecular formula is C28H35ClN4OS. The van der Waals surface area contributed by atoms with Crippen LogP contribution in [0.2, 0.25) is 0 Å². The maximum absolute atomic E-state index is 13.2. The molecule has 1 atom stereocenters. The van der Waals surface area contributed by atoms with Crippen LogP contribution in [0, 0.1) is 0 Å². The van der Waals surface area contributed by atoms with Gasteiger partial charge in [0.15, 0.2) is 16.6 Å². The molecule has 4 heterocycles. The number of anilines is 1. The molecule has 0 unspecified atom stereocenters. The number of Topliss-reactive ketones (excluding diaryl/α,β-unsaturated/α-hetero) is 1. The zero-order valence-corrected chi connectivity index (χ0v) is 22.0. The van der Waals surface area contributed by atoms with Crippen LogP contribution in [-0.4, -0.2) is 46.3 Å². The van der Waals surface area contributed by atoms with E-state index < -0.39 is 0 Å². The van der Waals surface area contributed by atoms with Gasteiger partial charge in [0, 0.05) is 25.7 Å². The summed E-state index contributed by atoms with van der Waals surface area (Å²) in [5, 5.41) is 0.995. The molecule has 5 nitrogen and oxygen atoms in total. The number of benzene rings is 1. The number of rotatable bonds is 8. The molecule has 0 spiro atoms. The summed E-state index contributed by atoms with van der Waals surface area (Å²) in [5.41, 5.74) is 5.03. The van der Waals surface area contributed by atoms with Crippen molar-refractivity contribution >= 4 is 45.0 Å². The number of aryl methyl sites for hydroxylation is 1. The van der Waals surface area contributed by atoms with Crippen molar-refractivity contribution in [3.63, 3.8) is 0 Å². The van der Waals surface area contributed by atoms with Crippen LogP contribution in [0.25, 0.3) is 10.3 Å². The van der Waals surface area contributed by atoms with Gasteiger partial charge in [-0.2, -0.15) is 4.98 Å². The van der Waals surface area contributed by atoms with E-state index in [1.165, 1.54) is 66.6 Å². The van der Waals surface area contributed by atoms with Crippen molar-refractivity contribution in [3.8, 4) is 0 Å². The molecule has 2 aliphatic heterocycles. The minimum atomic E-state index is -0.0403. The molecule has 6 rings (SSSR count). The van der Waals surface area contributed by atoms with Crippen molar-refractivity contribution in [2.45, 2.75) is 76.3 Å². The van der Waals surface area contributed by atoms with Gasteiger partial charge in [0.2, 0.25) is 0 Å². The van der Waals surface area contributed by atoms with Crippen LogP contribution in [0.5, 0.6) is 0 Å². The Labute approximate surface area is 218 Å². The van der Waals surface area contributed by atoms with Crippen LogP contribution < -0.4 is 4.90 Å². The number of halogens is 1. The van der Waals surface area contributed by atoms with Gasteiger partial charge in [0.25, 0.3) is 0 Å². The van der Waals surface area contributed by atoms with Gasteiger partial charge in [-0.3, -0.25) is 9.69 Å². The molecule has 3 fully saturated rings. The number of carbonyl (C=O) groups excluding carboxylic acids is 1. The fourth-order valence-corrected chi connectivity index (χ4v) is 7.00. The highest BCUT2D eigenvalue weighted by atomic mass is 35.5. The Kier molecular flexibility index (Phi) is 7.71. The topological polar surface area (TPSA) is 49.3 Å². The predicted molar refractivity (Wildman–Crippen MR) is 146 cm³/mol. The molecular weight excluding hydrogens is 476 g/mol. The van der Waals surface area contributed by atoms with Crippen molar-refractivity contribution in [1.29, 1.82) is 0 Å². The van der Waals surface area contributed by atoms with Gasteiger partial charge in [-0.05, 0) is 80.6 Å². The standard InChI is InChI=1S/C28H34N4OS.ClH/c33-24(14-11-20-8-3-1-4-9-20)23-10-7-17-32(23)28-30-27-26(34-28)25(21-12-13-21)22(18-29-27)19-31-15-5-2-6-16-31;/h1,3-4,8-9,18,21,23H,2,5-7,10-17,19H2;1H/t23-;/m1./s1. The highest BCUT2D eigenvalue weighted by Crippen LogP contribution is 2.47. The third kappa shape index (κ3) is 5.40. The Morgan fingerprint density at radius 1 is 1.00 bits per heavy atom. The van der Waals surface area contributed by atoms with Gasteiger partial charge in [-0.1, -0.05) is 48.1 Å². The van der Waals surface area contributed by atoms with Crippen LogP contribution >= 0.6 is 23.7 Å². The fourth-order valence-electron chi connectivity index (χ4n) is 5.75. The summed E-state index contributed by atoms with van der Waals surface area (Å²) in [7, 11) is 0. The van der Waals surface area contributed by atoms with Crippen molar-refractivity contribution in [1.82, 2.24) is 14.9 Å². The lowest BCUT2D eigenvalue weighted by molar-refractivity contribution is -0.120. The van der Waals surface area contributed by atoms with E-state index in [2.05, 4.69) is 28.1 Å². The first-order chi connectivity index (χ1) is 16.8. The summed E-state index contributed by atoms with van der Waals surface area (Å²) in [4.78, 5) is 27.9. The van der Waals surface area contributed by atoms with E-state index in [1.807, 2.05) is 18.2 Å². The lowest BCUT2D eigenvalue weighted by Gasteiger charge is -2.27. The van der Waals surface area contributed by atoms with Crippen LogP contribution in [0.1, 0.15) is 74.0 Å². The summed E-state index contributed by atoms with van der Waals surface area (Å²) >= 11 is 1.78. The Balaban J connectivity index is 0.00000253. The summed E-state index contributed by atoms with van der Waals surface area (Å²) in [6.45, 7) is 4.35. The number of likely N-dealkylation sites (tertiary alicyclic amines) is 1. The highest BCUT2D eigenvalue weighted by Gasteiger charge is 2.34. The van der Waals surface area contributed by atoms with Crippen LogP contribution in [0.15, 0.2) is 36.5 Å². The van der Waals surface area contributed by atoms with Crippen LogP contribution in [0.3, 0.4) is 0 Å². The number of aromatic nitrogens is 2. The number of piperidine rings is 1. The molecule has 1 aromatic carbocycles. The molecule has 35 heavy (non-hydrogen) atoms. The third-order valence-corrected chi connectivity index (χ3v) is 8.85. The first kappa shape index (κ1) is 24.7. The highest BCUT2D eigenvalue weighted by molar-refractivity contribution is 7.22. The normalized spacial score (nSPS) is 20.8. The number of hydrogen-bond donors (Lipinski definition) is 0. The van der Waals surface area contributed by atoms with Crippen LogP contribution in [-0.2, 0) is 17.8 Å². The largest absolute Gasteiger partial charge is 0.338 e. The Morgan fingerprint density at radius 2 is 1.80 bits per heavy atom. The first-order valence-electron chi connectivity index (χ1n) is 13.1. The van der Waals surface area contributed by atoms with Crippen molar-refractivity contribution in [2.75, 3.05) is 24.5 Å². The number of pyridine rings is 1. The van der Waals surface area contributed by atoms with E-state index in [0.29, 0.717) is 18.1 Å². The van der Waals surface area contributed by atoms with E-state index in [4.69, 9.17) is 9.97 Å². The Bertz CT molecular complexity index is 1160. The van der Waals surface area contributed by atoms with Crippen molar-refractivity contribution in [2.24, 2.45) is 0 Å². The third-order valence-electron chi connectivity index (χ3n) is 7.73. The van der Waals surface area contributed by atoms with E-state index in [0.717, 1.165) is 43.1 Å². The molecule has 7 heteroatoms. The summed E-state index contributed by atoms with van der Waals surface area (Å²) < 4.78 is 1.27. The average molecular weight is 511 g/mol. The number of ketones is 1. The molecule has 0 amide bonds. The summed E-state index contributed by atoms with van der Waals surface area (Å²) in [6.07, 6.45) is 12.1. The number of thiazole rings is 1. The molecule has 0 bridgehead atoms. The van der Waals surface area contributed by atoms with E-state index in [-0.39, 0.29) is 18.4 Å². The lowest BCUT2D eigenvalue weighted by atomic mass is 10.0. The maximum Gasteiger partial charge on any atom is 0.188 e. The Hall–Kier alpha value is -2.02. The molecule has 2 saturated heterocycles. The van der Waals surface area contributed by atoms with Crippen LogP contribution in [0.4, 0.5) is 5.13 Å². The van der Waals surface area contributed by atoms with E-state index in [1.54, 1.807) is 11.3 Å². The molecule has 3 aromatic rings. The Morgan fingerprint density at radius 3 is 2.57 bits per heavy atom. The van der Waals surface area contributed by atoms with Crippen molar-refractivity contribution < 1.29 is 4.79 Å². The second-order valence-corrected chi connectivity index (χ2v) is 11.2. The zero-order chi connectivity index (χ0) is 22.9. The number of fused-ring (bicyclic) bond motifs is 1. The van der Waals surface area contributed by atoms with Gasteiger partial charge in [-0.25, -0.2) is 4.98 Å². The summed E-state index contributed by atoms with van der Waals surface area (Å²) in [6, 6.07) is 10.3. The van der Waals surface area contributed by atoms with Gasteiger partial charge in [-0.15, -0.1) is 12.4 Å². The van der Waals surface area contributed by atoms with Gasteiger partial charge in [0.1, 0.15) is 0 Å². The molecule has 186 valence electrons. The van der Waals surface area contributed by atoms with E-state index >= 15 is 0 Å². The zero-order valence-electron chi connectivity index (χ0n) is 20.3. The molecule has 1 saturated carbocycles. The summed E-state index contributed by atoms with van der Waals surface area (Å²) in [5.74, 6) is 1.02. The molecule has 0 N–H and O–H groups in total. The fraction of sp³-hybridized carbons (Fsp3) is 0.536.